The fourth-order valence-corrected chi connectivity index (χ4v) is 2.75. The molecule has 0 saturated carbocycles. The predicted octanol–water partition coefficient (Wildman–Crippen LogP) is 1.95. The van der Waals surface area contributed by atoms with Gasteiger partial charge < -0.3 is 14.4 Å². The van der Waals surface area contributed by atoms with Crippen LogP contribution in [0.3, 0.4) is 0 Å². The molecule has 1 aliphatic rings. The summed E-state index contributed by atoms with van der Waals surface area (Å²) in [7, 11) is 0. The van der Waals surface area contributed by atoms with Crippen molar-refractivity contribution >= 4 is 11.9 Å². The average Bonchev–Trinajstić information content (AvgIpc) is 2.83. The SMILES string of the molecule is Cc1ncoc1C(=O)N1CCCC(C(C)CC(=O)O)C1. The molecule has 0 aliphatic carbocycles. The third-order valence-corrected chi connectivity index (χ3v) is 3.99. The van der Waals surface area contributed by atoms with Gasteiger partial charge in [-0.3, -0.25) is 9.59 Å². The van der Waals surface area contributed by atoms with E-state index in [1.165, 1.54) is 6.39 Å². The molecule has 1 saturated heterocycles. The first-order valence-corrected chi connectivity index (χ1v) is 6.90. The number of hydrogen-bond acceptors (Lipinski definition) is 4. The standard InChI is InChI=1S/C14H20N2O4/c1-9(6-12(17)18)11-4-3-5-16(7-11)14(19)13-10(2)15-8-20-13/h8-9,11H,3-7H2,1-2H3,(H,17,18). The van der Waals surface area contributed by atoms with Gasteiger partial charge in [-0.25, -0.2) is 4.98 Å². The Bertz CT molecular complexity index is 497. The Morgan fingerprint density at radius 3 is 2.95 bits per heavy atom. The Kier molecular flexibility index (Phi) is 4.42. The molecule has 1 aromatic rings. The van der Waals surface area contributed by atoms with Gasteiger partial charge in [-0.1, -0.05) is 6.92 Å². The summed E-state index contributed by atoms with van der Waals surface area (Å²) in [6.07, 6.45) is 3.28. The number of rotatable bonds is 4. The van der Waals surface area contributed by atoms with E-state index in [-0.39, 0.29) is 29.9 Å². The molecule has 20 heavy (non-hydrogen) atoms. The number of likely N-dealkylation sites (tertiary alicyclic amines) is 1. The monoisotopic (exact) mass is 280 g/mol. The number of oxazole rings is 1. The lowest BCUT2D eigenvalue weighted by atomic mass is 9.84. The molecule has 0 spiro atoms. The van der Waals surface area contributed by atoms with Gasteiger partial charge in [0, 0.05) is 19.5 Å². The fraction of sp³-hybridized carbons (Fsp3) is 0.643. The van der Waals surface area contributed by atoms with Crippen molar-refractivity contribution in [2.24, 2.45) is 11.8 Å². The molecule has 110 valence electrons. The highest BCUT2D eigenvalue weighted by molar-refractivity contribution is 5.92. The smallest absolute Gasteiger partial charge is 0.303 e. The predicted molar refractivity (Wildman–Crippen MR) is 71.3 cm³/mol. The van der Waals surface area contributed by atoms with Crippen LogP contribution in [-0.2, 0) is 4.79 Å². The molecular formula is C14H20N2O4. The number of nitrogens with zero attached hydrogens (tertiary/aromatic N) is 2. The van der Waals surface area contributed by atoms with Crippen LogP contribution in [0.2, 0.25) is 0 Å². The lowest BCUT2D eigenvalue weighted by Crippen LogP contribution is -2.42. The third kappa shape index (κ3) is 3.18. The number of carbonyl (C=O) groups is 2. The number of aromatic nitrogens is 1. The van der Waals surface area contributed by atoms with Crippen molar-refractivity contribution in [1.29, 1.82) is 0 Å². The summed E-state index contributed by atoms with van der Waals surface area (Å²) in [5.74, 6) is -0.346. The van der Waals surface area contributed by atoms with Crippen molar-refractivity contribution in [2.45, 2.75) is 33.1 Å². The minimum Gasteiger partial charge on any atom is -0.481 e. The van der Waals surface area contributed by atoms with Crippen LogP contribution in [0.1, 0.15) is 42.4 Å². The minimum atomic E-state index is -0.785. The summed E-state index contributed by atoms with van der Waals surface area (Å²) in [4.78, 5) is 28.8. The Morgan fingerprint density at radius 1 is 1.60 bits per heavy atom. The molecule has 0 bridgehead atoms. The topological polar surface area (TPSA) is 83.6 Å². The van der Waals surface area contributed by atoms with Gasteiger partial charge in [0.05, 0.1) is 5.69 Å². The Balaban J connectivity index is 2.02. The Morgan fingerprint density at radius 2 is 2.35 bits per heavy atom. The van der Waals surface area contributed by atoms with Gasteiger partial charge in [-0.2, -0.15) is 0 Å². The molecule has 0 radical (unpaired) electrons. The Hall–Kier alpha value is -1.85. The van der Waals surface area contributed by atoms with Gasteiger partial charge in [0.1, 0.15) is 0 Å². The number of aliphatic carboxylic acids is 1. The Labute approximate surface area is 117 Å². The molecule has 2 atom stereocenters. The second-order valence-corrected chi connectivity index (χ2v) is 5.50. The van der Waals surface area contributed by atoms with E-state index in [0.717, 1.165) is 12.8 Å². The summed E-state index contributed by atoms with van der Waals surface area (Å²) in [6, 6.07) is 0. The van der Waals surface area contributed by atoms with Crippen molar-refractivity contribution in [1.82, 2.24) is 9.88 Å². The second kappa shape index (κ2) is 6.07. The first-order chi connectivity index (χ1) is 9.49. The molecule has 0 aromatic carbocycles. The van der Waals surface area contributed by atoms with Gasteiger partial charge in [0.25, 0.3) is 5.91 Å². The first-order valence-electron chi connectivity index (χ1n) is 6.90. The van der Waals surface area contributed by atoms with Crippen molar-refractivity contribution in [2.75, 3.05) is 13.1 Å². The molecule has 6 heteroatoms. The number of hydrogen-bond donors (Lipinski definition) is 1. The number of piperidine rings is 1. The van der Waals surface area contributed by atoms with Crippen LogP contribution in [0.15, 0.2) is 10.8 Å². The van der Waals surface area contributed by atoms with Crippen LogP contribution in [-0.4, -0.2) is 40.0 Å². The van der Waals surface area contributed by atoms with Crippen LogP contribution in [0.25, 0.3) is 0 Å². The van der Waals surface area contributed by atoms with E-state index >= 15 is 0 Å². The quantitative estimate of drug-likeness (QED) is 0.911. The highest BCUT2D eigenvalue weighted by atomic mass is 16.4. The largest absolute Gasteiger partial charge is 0.481 e. The van der Waals surface area contributed by atoms with Crippen molar-refractivity contribution in [3.63, 3.8) is 0 Å². The summed E-state index contributed by atoms with van der Waals surface area (Å²) in [5, 5.41) is 8.87. The zero-order valence-corrected chi connectivity index (χ0v) is 11.8. The van der Waals surface area contributed by atoms with Crippen molar-refractivity contribution in [3.05, 3.63) is 17.8 Å². The number of carbonyl (C=O) groups excluding carboxylic acids is 1. The van der Waals surface area contributed by atoms with E-state index in [1.54, 1.807) is 11.8 Å². The lowest BCUT2D eigenvalue weighted by molar-refractivity contribution is -0.138. The number of aryl methyl sites for hydroxylation is 1. The van der Waals surface area contributed by atoms with Crippen LogP contribution >= 0.6 is 0 Å². The number of carboxylic acid groups (broad SMARTS) is 1. The summed E-state index contributed by atoms with van der Waals surface area (Å²) < 4.78 is 5.14. The van der Waals surface area contributed by atoms with E-state index in [0.29, 0.717) is 18.8 Å². The van der Waals surface area contributed by atoms with Crippen molar-refractivity contribution < 1.29 is 19.1 Å². The molecule has 1 N–H and O–H groups in total. The van der Waals surface area contributed by atoms with Crippen LogP contribution in [0, 0.1) is 18.8 Å². The normalized spacial score (nSPS) is 20.7. The van der Waals surface area contributed by atoms with E-state index in [9.17, 15) is 9.59 Å². The molecule has 6 nitrogen and oxygen atoms in total. The zero-order valence-electron chi connectivity index (χ0n) is 11.8. The number of amides is 1. The van der Waals surface area contributed by atoms with Crippen LogP contribution in [0.5, 0.6) is 0 Å². The molecule has 1 aliphatic heterocycles. The van der Waals surface area contributed by atoms with Gasteiger partial charge >= 0.3 is 5.97 Å². The van der Waals surface area contributed by atoms with Gasteiger partial charge in [0.15, 0.2) is 6.39 Å². The average molecular weight is 280 g/mol. The fourth-order valence-electron chi connectivity index (χ4n) is 2.75. The highest BCUT2D eigenvalue weighted by Crippen LogP contribution is 2.27. The van der Waals surface area contributed by atoms with Gasteiger partial charge in [0.2, 0.25) is 5.76 Å². The number of carboxylic acids is 1. The summed E-state index contributed by atoms with van der Waals surface area (Å²) in [5.41, 5.74) is 0.593. The minimum absolute atomic E-state index is 0.0684. The lowest BCUT2D eigenvalue weighted by Gasteiger charge is -2.35. The second-order valence-electron chi connectivity index (χ2n) is 5.50. The highest BCUT2D eigenvalue weighted by Gasteiger charge is 2.30. The van der Waals surface area contributed by atoms with E-state index < -0.39 is 5.97 Å². The first kappa shape index (κ1) is 14.6. The summed E-state index contributed by atoms with van der Waals surface area (Å²) >= 11 is 0. The molecular weight excluding hydrogens is 260 g/mol. The maximum Gasteiger partial charge on any atom is 0.303 e. The van der Waals surface area contributed by atoms with Gasteiger partial charge in [-0.05, 0) is 31.6 Å². The molecule has 1 amide bonds. The molecule has 2 unspecified atom stereocenters. The van der Waals surface area contributed by atoms with E-state index in [2.05, 4.69) is 4.98 Å². The van der Waals surface area contributed by atoms with E-state index in [1.807, 2.05) is 6.92 Å². The third-order valence-electron chi connectivity index (χ3n) is 3.99. The van der Waals surface area contributed by atoms with Crippen LogP contribution < -0.4 is 0 Å². The molecule has 1 fully saturated rings. The maximum atomic E-state index is 12.3. The zero-order chi connectivity index (χ0) is 14.7. The molecule has 2 rings (SSSR count). The summed E-state index contributed by atoms with van der Waals surface area (Å²) in [6.45, 7) is 4.96. The van der Waals surface area contributed by atoms with Gasteiger partial charge in [-0.15, -0.1) is 0 Å². The molecule has 2 heterocycles. The maximum absolute atomic E-state index is 12.3. The van der Waals surface area contributed by atoms with E-state index in [4.69, 9.17) is 9.52 Å². The van der Waals surface area contributed by atoms with Crippen molar-refractivity contribution in [3.8, 4) is 0 Å². The van der Waals surface area contributed by atoms with Crippen LogP contribution in [0.4, 0.5) is 0 Å². The molecule has 1 aromatic heterocycles.